The zero-order valence-electron chi connectivity index (χ0n) is 19.5. The molecule has 0 fully saturated rings. The summed E-state index contributed by atoms with van der Waals surface area (Å²) in [6.07, 6.45) is 6.87. The summed E-state index contributed by atoms with van der Waals surface area (Å²) >= 11 is 0. The summed E-state index contributed by atoms with van der Waals surface area (Å²) in [6.45, 7) is 2.11. The fraction of sp³-hybridized carbons (Fsp3) is 0.435. The number of hydrogen-bond donors (Lipinski definition) is 1. The summed E-state index contributed by atoms with van der Waals surface area (Å²) in [4.78, 5) is 15.1. The Balaban J connectivity index is 2.19. The van der Waals surface area contributed by atoms with Gasteiger partial charge in [-0.1, -0.05) is 6.07 Å². The van der Waals surface area contributed by atoms with E-state index in [4.69, 9.17) is 14.4 Å². The molecule has 32 heavy (non-hydrogen) atoms. The highest BCUT2D eigenvalue weighted by molar-refractivity contribution is 7.57. The summed E-state index contributed by atoms with van der Waals surface area (Å²) in [5.41, 5.74) is 2.56. The fourth-order valence-electron chi connectivity index (χ4n) is 3.71. The maximum Gasteiger partial charge on any atom is 0.304 e. The van der Waals surface area contributed by atoms with Crippen molar-refractivity contribution in [1.82, 2.24) is 9.57 Å². The molecule has 3 rings (SSSR count). The number of carboxylic acid groups (broad SMARTS) is 1. The standard InChI is InChI=1S/C23H30N3O5P/c1-7-30-32(29,26(6)13-12-22(27)28)23-18-10-8-16(24(2)3)14-20(18)31-21-15-17(25(4)5)9-11-19(21)23/h8-10,14-15,23H,7,12-13H2,1-6H3/p+1. The lowest BCUT2D eigenvalue weighted by Crippen LogP contribution is -2.27. The van der Waals surface area contributed by atoms with Gasteiger partial charge in [-0.3, -0.25) is 9.36 Å². The van der Waals surface area contributed by atoms with Crippen molar-refractivity contribution < 1.29 is 23.7 Å². The molecule has 1 aromatic rings. The number of allylic oxidation sites excluding steroid dienone is 4. The van der Waals surface area contributed by atoms with Crippen molar-refractivity contribution in [3.63, 3.8) is 0 Å². The first-order valence-electron chi connectivity index (χ1n) is 10.5. The molecule has 1 aliphatic carbocycles. The quantitative estimate of drug-likeness (QED) is 0.439. The van der Waals surface area contributed by atoms with Crippen LogP contribution in [-0.2, 0) is 13.9 Å². The number of benzene rings is 1. The molecule has 172 valence electrons. The number of carboxylic acids is 1. The van der Waals surface area contributed by atoms with Gasteiger partial charge in [0.25, 0.3) is 7.52 Å². The Morgan fingerprint density at radius 1 is 1.22 bits per heavy atom. The van der Waals surface area contributed by atoms with Gasteiger partial charge in [-0.05, 0) is 20.0 Å². The number of ether oxygens (including phenoxy) is 1. The Morgan fingerprint density at radius 3 is 2.53 bits per heavy atom. The Morgan fingerprint density at radius 2 is 1.94 bits per heavy atom. The Bertz CT molecular complexity index is 1030. The summed E-state index contributed by atoms with van der Waals surface area (Å²) in [5, 5.41) is 9.16. The van der Waals surface area contributed by atoms with Crippen LogP contribution in [0.2, 0.25) is 0 Å². The topological polar surface area (TPSA) is 82.5 Å². The number of likely N-dealkylation sites (N-methyl/N-ethyl adjacent to an activating group) is 1. The third-order valence-electron chi connectivity index (χ3n) is 5.50. The largest absolute Gasteiger partial charge is 0.481 e. The Labute approximate surface area is 189 Å². The first-order valence-corrected chi connectivity index (χ1v) is 12.1. The predicted molar refractivity (Wildman–Crippen MR) is 125 cm³/mol. The van der Waals surface area contributed by atoms with E-state index in [2.05, 4.69) is 6.08 Å². The van der Waals surface area contributed by atoms with Gasteiger partial charge in [0.15, 0.2) is 17.0 Å². The maximum atomic E-state index is 14.5. The number of anilines is 1. The Kier molecular flexibility index (Phi) is 7.11. The number of nitrogens with zero attached hydrogens (tertiary/aromatic N) is 3. The molecule has 0 aromatic heterocycles. The van der Waals surface area contributed by atoms with Crippen LogP contribution in [-0.4, -0.2) is 69.0 Å². The SMILES string of the molecule is CCOP(=O)(C1C2=C(C=C(N(C)C)C=[C+]2)Oc2cc(N(C)C)ccc21)N(C)CCC(=O)O. The highest BCUT2D eigenvalue weighted by Crippen LogP contribution is 2.68. The molecule has 0 radical (unpaired) electrons. The zero-order valence-corrected chi connectivity index (χ0v) is 20.3. The third-order valence-corrected chi connectivity index (χ3v) is 8.47. The molecule has 2 atom stereocenters. The average molecular weight is 460 g/mol. The molecule has 1 N–H and O–H groups in total. The molecule has 1 heterocycles. The van der Waals surface area contributed by atoms with E-state index in [1.807, 2.05) is 68.3 Å². The van der Waals surface area contributed by atoms with Crippen molar-refractivity contribution in [1.29, 1.82) is 0 Å². The molecule has 0 saturated carbocycles. The van der Waals surface area contributed by atoms with Crippen molar-refractivity contribution in [3.05, 3.63) is 59.0 Å². The van der Waals surface area contributed by atoms with E-state index in [1.165, 1.54) is 0 Å². The first kappa shape index (κ1) is 24.0. The molecule has 8 nitrogen and oxygen atoms in total. The summed E-state index contributed by atoms with van der Waals surface area (Å²) in [6, 6.07) is 5.77. The number of hydrogen-bond acceptors (Lipinski definition) is 6. The van der Waals surface area contributed by atoms with E-state index in [9.17, 15) is 9.36 Å². The second-order valence-corrected chi connectivity index (χ2v) is 10.7. The third kappa shape index (κ3) is 4.59. The average Bonchev–Trinajstić information content (AvgIpc) is 2.74. The minimum absolute atomic E-state index is 0.0974. The van der Waals surface area contributed by atoms with Crippen LogP contribution in [0.4, 0.5) is 5.69 Å². The van der Waals surface area contributed by atoms with Gasteiger partial charge < -0.3 is 24.2 Å². The molecule has 0 saturated heterocycles. The van der Waals surface area contributed by atoms with Gasteiger partial charge in [0.2, 0.25) is 5.76 Å². The van der Waals surface area contributed by atoms with Gasteiger partial charge in [-0.2, -0.15) is 0 Å². The Hall–Kier alpha value is -2.63. The molecule has 2 unspecified atom stereocenters. The van der Waals surface area contributed by atoms with Crippen LogP contribution in [0.25, 0.3) is 0 Å². The van der Waals surface area contributed by atoms with E-state index in [1.54, 1.807) is 18.6 Å². The second-order valence-electron chi connectivity index (χ2n) is 8.16. The van der Waals surface area contributed by atoms with Crippen molar-refractivity contribution in [2.24, 2.45) is 0 Å². The zero-order chi connectivity index (χ0) is 23.6. The van der Waals surface area contributed by atoms with Gasteiger partial charge in [-0.15, -0.1) is 0 Å². The molecular formula is C23H31N3O5P+. The lowest BCUT2D eigenvalue weighted by molar-refractivity contribution is -0.137. The monoisotopic (exact) mass is 460 g/mol. The van der Waals surface area contributed by atoms with Gasteiger partial charge in [0.1, 0.15) is 17.8 Å². The lowest BCUT2D eigenvalue weighted by Gasteiger charge is -2.35. The van der Waals surface area contributed by atoms with Crippen molar-refractivity contribution >= 4 is 19.2 Å². The molecule has 2 aliphatic rings. The molecule has 1 aliphatic heterocycles. The van der Waals surface area contributed by atoms with E-state index in [-0.39, 0.29) is 19.6 Å². The highest BCUT2D eigenvalue weighted by atomic mass is 31.2. The van der Waals surface area contributed by atoms with Crippen LogP contribution in [0, 0.1) is 6.08 Å². The number of fused-ring (bicyclic) bond motifs is 1. The summed E-state index contributed by atoms with van der Waals surface area (Å²) in [5.74, 6) is 0.214. The van der Waals surface area contributed by atoms with Crippen LogP contribution < -0.4 is 9.64 Å². The molecular weight excluding hydrogens is 429 g/mol. The lowest BCUT2D eigenvalue weighted by atomic mass is 9.96. The summed E-state index contributed by atoms with van der Waals surface area (Å²) in [7, 11) is 5.84. The van der Waals surface area contributed by atoms with E-state index < -0.39 is 19.1 Å². The van der Waals surface area contributed by atoms with E-state index in [0.717, 1.165) is 16.9 Å². The van der Waals surface area contributed by atoms with Crippen LogP contribution in [0.15, 0.2) is 47.4 Å². The highest BCUT2D eigenvalue weighted by Gasteiger charge is 2.50. The van der Waals surface area contributed by atoms with E-state index >= 15 is 0 Å². The molecule has 0 amide bonds. The van der Waals surface area contributed by atoms with Crippen molar-refractivity contribution in [2.75, 3.05) is 53.3 Å². The van der Waals surface area contributed by atoms with E-state index in [0.29, 0.717) is 17.1 Å². The normalized spacial score (nSPS) is 18.7. The predicted octanol–water partition coefficient (Wildman–Crippen LogP) is 3.89. The van der Waals surface area contributed by atoms with Crippen LogP contribution in [0.1, 0.15) is 24.6 Å². The molecule has 0 bridgehead atoms. The fourth-order valence-corrected chi connectivity index (χ4v) is 6.30. The van der Waals surface area contributed by atoms with Crippen LogP contribution in [0.3, 0.4) is 0 Å². The minimum Gasteiger partial charge on any atom is -0.481 e. The smallest absolute Gasteiger partial charge is 0.304 e. The second kappa shape index (κ2) is 9.47. The van der Waals surface area contributed by atoms with Gasteiger partial charge >= 0.3 is 5.97 Å². The first-order chi connectivity index (χ1) is 15.1. The van der Waals surface area contributed by atoms with Gasteiger partial charge in [0.05, 0.1) is 19.1 Å². The van der Waals surface area contributed by atoms with Crippen molar-refractivity contribution in [3.8, 4) is 5.75 Å². The van der Waals surface area contributed by atoms with Crippen LogP contribution in [0.5, 0.6) is 5.75 Å². The van der Waals surface area contributed by atoms with Crippen molar-refractivity contribution in [2.45, 2.75) is 19.0 Å². The minimum atomic E-state index is -3.55. The molecule has 9 heteroatoms. The summed E-state index contributed by atoms with van der Waals surface area (Å²) < 4.78 is 28.2. The molecule has 0 spiro atoms. The molecule has 1 aromatic carbocycles. The number of aliphatic carboxylic acids is 1. The maximum absolute atomic E-state index is 14.5. The number of carbonyl (C=O) groups is 1. The van der Waals surface area contributed by atoms with Crippen LogP contribution >= 0.6 is 7.52 Å². The van der Waals surface area contributed by atoms with Gasteiger partial charge in [0, 0.05) is 52.1 Å². The van der Waals surface area contributed by atoms with Gasteiger partial charge in [-0.25, -0.2) is 4.67 Å². The number of rotatable bonds is 9.